The SMILES string of the molecule is C=COC(C)OCCC(=C)C(=O)OC1CC2CCC1(C)C2(C)C. The van der Waals surface area contributed by atoms with Gasteiger partial charge < -0.3 is 14.2 Å². The van der Waals surface area contributed by atoms with Crippen LogP contribution in [-0.4, -0.2) is 25.0 Å². The van der Waals surface area contributed by atoms with Crippen LogP contribution in [-0.2, 0) is 19.0 Å². The van der Waals surface area contributed by atoms with Gasteiger partial charge in [-0.05, 0) is 37.5 Å². The molecule has 2 bridgehead atoms. The number of carbonyl (C=O) groups is 1. The van der Waals surface area contributed by atoms with Gasteiger partial charge in [0.05, 0.1) is 12.9 Å². The van der Waals surface area contributed by atoms with Crippen LogP contribution in [0.5, 0.6) is 0 Å². The Balaban J connectivity index is 1.81. The van der Waals surface area contributed by atoms with Gasteiger partial charge in [-0.2, -0.15) is 0 Å². The van der Waals surface area contributed by atoms with Gasteiger partial charge in [-0.1, -0.05) is 33.9 Å². The Kier molecular flexibility index (Phi) is 5.24. The van der Waals surface area contributed by atoms with Crippen molar-refractivity contribution < 1.29 is 19.0 Å². The first kappa shape index (κ1) is 18.1. The molecule has 0 aromatic heterocycles. The zero-order valence-electron chi connectivity index (χ0n) is 14.9. The zero-order valence-corrected chi connectivity index (χ0v) is 14.9. The summed E-state index contributed by atoms with van der Waals surface area (Å²) in [6.07, 6.45) is 4.77. The highest BCUT2D eigenvalue weighted by Gasteiger charge is 2.62. The fourth-order valence-corrected chi connectivity index (χ4v) is 4.15. The standard InChI is InChI=1S/C19H30O4/c1-7-21-14(3)22-11-9-13(2)17(20)23-16-12-15-8-10-19(16,6)18(15,4)5/h7,14-16H,1-2,8-12H2,3-6H3. The molecular weight excluding hydrogens is 292 g/mol. The molecule has 0 aliphatic heterocycles. The Morgan fingerprint density at radius 3 is 2.61 bits per heavy atom. The van der Waals surface area contributed by atoms with Crippen molar-refractivity contribution in [3.63, 3.8) is 0 Å². The molecule has 0 amide bonds. The van der Waals surface area contributed by atoms with Gasteiger partial charge in [0.1, 0.15) is 6.10 Å². The summed E-state index contributed by atoms with van der Waals surface area (Å²) < 4.78 is 16.3. The van der Waals surface area contributed by atoms with Crippen LogP contribution in [0.4, 0.5) is 0 Å². The molecule has 2 fully saturated rings. The van der Waals surface area contributed by atoms with Crippen molar-refractivity contribution in [3.8, 4) is 0 Å². The second-order valence-corrected chi connectivity index (χ2v) is 7.60. The van der Waals surface area contributed by atoms with Gasteiger partial charge in [0.2, 0.25) is 0 Å². The van der Waals surface area contributed by atoms with E-state index in [9.17, 15) is 4.79 Å². The van der Waals surface area contributed by atoms with Crippen molar-refractivity contribution in [2.75, 3.05) is 6.61 Å². The monoisotopic (exact) mass is 322 g/mol. The quantitative estimate of drug-likeness (QED) is 0.290. The summed E-state index contributed by atoms with van der Waals surface area (Å²) in [5.41, 5.74) is 0.774. The van der Waals surface area contributed by atoms with Gasteiger partial charge in [0.25, 0.3) is 0 Å². The summed E-state index contributed by atoms with van der Waals surface area (Å²) in [5.74, 6) is 0.360. The summed E-state index contributed by atoms with van der Waals surface area (Å²) >= 11 is 0. The minimum Gasteiger partial charge on any atom is -0.473 e. The lowest BCUT2D eigenvalue weighted by Crippen LogP contribution is -2.38. The minimum absolute atomic E-state index is 0.00411. The van der Waals surface area contributed by atoms with Crippen LogP contribution in [0.2, 0.25) is 0 Å². The van der Waals surface area contributed by atoms with E-state index in [4.69, 9.17) is 14.2 Å². The molecule has 23 heavy (non-hydrogen) atoms. The van der Waals surface area contributed by atoms with Gasteiger partial charge in [-0.25, -0.2) is 4.79 Å². The summed E-state index contributed by atoms with van der Waals surface area (Å²) in [7, 11) is 0. The van der Waals surface area contributed by atoms with Crippen LogP contribution >= 0.6 is 0 Å². The first-order valence-electron chi connectivity index (χ1n) is 8.49. The predicted molar refractivity (Wildman–Crippen MR) is 89.6 cm³/mol. The molecule has 0 spiro atoms. The Labute approximate surface area is 139 Å². The highest BCUT2D eigenvalue weighted by molar-refractivity contribution is 5.87. The van der Waals surface area contributed by atoms with Crippen molar-refractivity contribution in [2.24, 2.45) is 16.7 Å². The molecule has 4 unspecified atom stereocenters. The lowest BCUT2D eigenvalue weighted by molar-refractivity contribution is -0.152. The Hall–Kier alpha value is -1.29. The van der Waals surface area contributed by atoms with E-state index < -0.39 is 0 Å². The summed E-state index contributed by atoms with van der Waals surface area (Å²) in [5, 5.41) is 0. The molecular formula is C19H30O4. The van der Waals surface area contributed by atoms with Crippen LogP contribution in [0.1, 0.15) is 53.4 Å². The molecule has 2 saturated carbocycles. The normalized spacial score (nSPS) is 32.3. The van der Waals surface area contributed by atoms with Gasteiger partial charge in [-0.15, -0.1) is 0 Å². The molecule has 4 nitrogen and oxygen atoms in total. The molecule has 0 aromatic carbocycles. The van der Waals surface area contributed by atoms with Crippen LogP contribution in [0, 0.1) is 16.7 Å². The molecule has 0 aromatic rings. The third kappa shape index (κ3) is 3.32. The number of esters is 1. The van der Waals surface area contributed by atoms with Gasteiger partial charge in [0.15, 0.2) is 6.29 Å². The van der Waals surface area contributed by atoms with Crippen molar-refractivity contribution in [2.45, 2.75) is 65.8 Å². The molecule has 2 rings (SSSR count). The number of carbonyl (C=O) groups excluding carboxylic acids is 1. The lowest BCUT2D eigenvalue weighted by atomic mass is 9.70. The van der Waals surface area contributed by atoms with Crippen molar-refractivity contribution in [1.29, 1.82) is 0 Å². The topological polar surface area (TPSA) is 44.8 Å². The van der Waals surface area contributed by atoms with Gasteiger partial charge >= 0.3 is 5.97 Å². The molecule has 130 valence electrons. The van der Waals surface area contributed by atoms with Crippen LogP contribution in [0.15, 0.2) is 25.0 Å². The Morgan fingerprint density at radius 2 is 2.09 bits per heavy atom. The maximum absolute atomic E-state index is 12.3. The van der Waals surface area contributed by atoms with E-state index in [1.54, 1.807) is 6.92 Å². The fraction of sp³-hybridized carbons (Fsp3) is 0.737. The van der Waals surface area contributed by atoms with Gasteiger partial charge in [0, 0.05) is 17.4 Å². The van der Waals surface area contributed by atoms with E-state index in [2.05, 4.69) is 33.9 Å². The van der Waals surface area contributed by atoms with E-state index >= 15 is 0 Å². The lowest BCUT2D eigenvalue weighted by Gasteiger charge is -2.38. The minimum atomic E-state index is -0.374. The number of hydrogen-bond acceptors (Lipinski definition) is 4. The average Bonchev–Trinajstić information content (AvgIpc) is 2.80. The third-order valence-electron chi connectivity index (χ3n) is 6.30. The highest BCUT2D eigenvalue weighted by Crippen LogP contribution is 2.66. The van der Waals surface area contributed by atoms with Gasteiger partial charge in [-0.3, -0.25) is 0 Å². The largest absolute Gasteiger partial charge is 0.473 e. The molecule has 0 saturated heterocycles. The smallest absolute Gasteiger partial charge is 0.333 e. The number of ether oxygens (including phenoxy) is 3. The van der Waals surface area contributed by atoms with E-state index in [0.29, 0.717) is 24.5 Å². The first-order valence-corrected chi connectivity index (χ1v) is 8.49. The average molecular weight is 322 g/mol. The second-order valence-electron chi connectivity index (χ2n) is 7.60. The van der Waals surface area contributed by atoms with Crippen LogP contribution < -0.4 is 0 Å². The van der Waals surface area contributed by atoms with Crippen LogP contribution in [0.25, 0.3) is 0 Å². The molecule has 4 heteroatoms. The van der Waals surface area contributed by atoms with Crippen molar-refractivity contribution in [3.05, 3.63) is 25.0 Å². The maximum atomic E-state index is 12.3. The zero-order chi connectivity index (χ0) is 17.3. The highest BCUT2D eigenvalue weighted by atomic mass is 16.7. The Morgan fingerprint density at radius 1 is 1.39 bits per heavy atom. The van der Waals surface area contributed by atoms with E-state index in [1.807, 2.05) is 0 Å². The van der Waals surface area contributed by atoms with E-state index in [0.717, 1.165) is 12.8 Å². The molecule has 0 heterocycles. The number of rotatable bonds is 8. The van der Waals surface area contributed by atoms with E-state index in [1.165, 1.54) is 12.7 Å². The van der Waals surface area contributed by atoms with E-state index in [-0.39, 0.29) is 29.2 Å². The number of fused-ring (bicyclic) bond motifs is 2. The molecule has 4 atom stereocenters. The van der Waals surface area contributed by atoms with Crippen molar-refractivity contribution >= 4 is 5.97 Å². The second kappa shape index (κ2) is 6.68. The molecule has 2 aliphatic rings. The first-order chi connectivity index (χ1) is 10.7. The third-order valence-corrected chi connectivity index (χ3v) is 6.30. The van der Waals surface area contributed by atoms with Crippen LogP contribution in [0.3, 0.4) is 0 Å². The maximum Gasteiger partial charge on any atom is 0.333 e. The Bertz CT molecular complexity index is 482. The fourth-order valence-electron chi connectivity index (χ4n) is 4.15. The molecule has 0 radical (unpaired) electrons. The summed E-state index contributed by atoms with van der Waals surface area (Å²) in [6, 6.07) is 0. The predicted octanol–water partition coefficient (Wildman–Crippen LogP) is 4.21. The van der Waals surface area contributed by atoms with Crippen molar-refractivity contribution in [1.82, 2.24) is 0 Å². The summed E-state index contributed by atoms with van der Waals surface area (Å²) in [4.78, 5) is 12.3. The summed E-state index contributed by atoms with van der Waals surface area (Å²) in [6.45, 7) is 16.3. The molecule has 0 N–H and O–H groups in total. The molecule has 2 aliphatic carbocycles. The number of hydrogen-bond donors (Lipinski definition) is 0.